The van der Waals surface area contributed by atoms with Crippen LogP contribution in [0.5, 0.6) is 0 Å². The average molecular weight is 422 g/mol. The van der Waals surface area contributed by atoms with Gasteiger partial charge in [0.2, 0.25) is 0 Å². The Bertz CT molecular complexity index is 1430. The molecule has 32 heavy (non-hydrogen) atoms. The molecule has 4 heteroatoms. The maximum Gasteiger partial charge on any atom is 0.143 e. The van der Waals surface area contributed by atoms with Crippen molar-refractivity contribution in [1.82, 2.24) is 4.57 Å². The first-order valence-electron chi connectivity index (χ1n) is 11.4. The summed E-state index contributed by atoms with van der Waals surface area (Å²) in [5.41, 5.74) is 12.6. The minimum Gasteiger partial charge on any atom is -0.455 e. The first kappa shape index (κ1) is 20.4. The van der Waals surface area contributed by atoms with Gasteiger partial charge in [-0.05, 0) is 55.1 Å². The van der Waals surface area contributed by atoms with Crippen LogP contribution in [0.3, 0.4) is 0 Å². The largest absolute Gasteiger partial charge is 0.455 e. The van der Waals surface area contributed by atoms with Crippen molar-refractivity contribution in [3.8, 4) is 17.2 Å². The van der Waals surface area contributed by atoms with Gasteiger partial charge in [0.1, 0.15) is 11.2 Å². The van der Waals surface area contributed by atoms with Gasteiger partial charge in [0.15, 0.2) is 0 Å². The number of unbranched alkanes of at least 4 members (excludes halogenated alkanes) is 3. The summed E-state index contributed by atoms with van der Waals surface area (Å²) in [6.07, 6.45) is 6.88. The first-order valence-corrected chi connectivity index (χ1v) is 11.4. The number of aryl methyl sites for hydroxylation is 1. The van der Waals surface area contributed by atoms with Crippen LogP contribution in [-0.4, -0.2) is 11.1 Å². The monoisotopic (exact) mass is 421 g/mol. The molecular formula is C28H27N3O. The molecular weight excluding hydrogens is 394 g/mol. The summed E-state index contributed by atoms with van der Waals surface area (Å²) in [6, 6.07) is 23.5. The zero-order chi connectivity index (χ0) is 21.9. The predicted octanol–water partition coefficient (Wildman–Crippen LogP) is 6.79. The number of nitriles is 1. The lowest BCUT2D eigenvalue weighted by Gasteiger charge is -2.07. The Balaban J connectivity index is 1.56. The van der Waals surface area contributed by atoms with E-state index in [1.165, 1.54) is 16.5 Å². The number of para-hydroxylation sites is 2. The average Bonchev–Trinajstić information content (AvgIpc) is 3.37. The highest BCUT2D eigenvalue weighted by atomic mass is 16.3. The second kappa shape index (κ2) is 8.90. The molecule has 3 aromatic carbocycles. The summed E-state index contributed by atoms with van der Waals surface area (Å²) < 4.78 is 8.62. The molecule has 2 aromatic heterocycles. The van der Waals surface area contributed by atoms with Crippen LogP contribution in [0.1, 0.15) is 31.2 Å². The molecule has 0 spiro atoms. The first-order chi connectivity index (χ1) is 15.8. The molecule has 0 fully saturated rings. The Labute approximate surface area is 187 Å². The van der Waals surface area contributed by atoms with Crippen molar-refractivity contribution in [3.05, 3.63) is 72.4 Å². The van der Waals surface area contributed by atoms with E-state index in [0.29, 0.717) is 13.0 Å². The van der Waals surface area contributed by atoms with E-state index < -0.39 is 0 Å². The second-order valence-electron chi connectivity index (χ2n) is 8.37. The van der Waals surface area contributed by atoms with Gasteiger partial charge in [0.05, 0.1) is 6.07 Å². The number of hydrogen-bond donors (Lipinski definition) is 1. The fraction of sp³-hybridized carbons (Fsp3) is 0.250. The number of benzene rings is 3. The topological polar surface area (TPSA) is 67.9 Å². The Kier molecular flexibility index (Phi) is 5.66. The van der Waals surface area contributed by atoms with E-state index >= 15 is 0 Å². The highest BCUT2D eigenvalue weighted by Crippen LogP contribution is 2.37. The normalized spacial score (nSPS) is 11.5. The molecule has 0 aliphatic heterocycles. The Hall–Kier alpha value is -3.55. The standard InChI is InChI=1S/C28H27N3O/c29-15-5-1-2-6-17-31-19-21(14-16-30)25-18-20(12-13-26(25)31)22-9-7-10-24-23-8-3-4-11-27(23)32-28(22)24/h3-4,7-13,18-19H,1-2,5-6,14,16-17,30H2. The zero-order valence-corrected chi connectivity index (χ0v) is 18.2. The van der Waals surface area contributed by atoms with Gasteiger partial charge in [-0.15, -0.1) is 0 Å². The molecule has 4 nitrogen and oxygen atoms in total. The molecule has 0 unspecified atom stereocenters. The molecule has 0 saturated heterocycles. The van der Waals surface area contributed by atoms with E-state index in [2.05, 4.69) is 65.4 Å². The fourth-order valence-corrected chi connectivity index (χ4v) is 4.72. The highest BCUT2D eigenvalue weighted by molar-refractivity contribution is 6.10. The van der Waals surface area contributed by atoms with Crippen molar-refractivity contribution in [2.45, 2.75) is 38.6 Å². The lowest BCUT2D eigenvalue weighted by molar-refractivity contribution is 0.603. The summed E-state index contributed by atoms with van der Waals surface area (Å²) in [7, 11) is 0. The van der Waals surface area contributed by atoms with Crippen molar-refractivity contribution < 1.29 is 4.42 Å². The SMILES string of the molecule is N#CCCCCCn1cc(CCN)c2cc(-c3cccc4c3oc3ccccc34)ccc21. The number of aromatic nitrogens is 1. The number of fused-ring (bicyclic) bond motifs is 4. The van der Waals surface area contributed by atoms with Crippen LogP contribution in [0.2, 0.25) is 0 Å². The van der Waals surface area contributed by atoms with Gasteiger partial charge in [0.25, 0.3) is 0 Å². The van der Waals surface area contributed by atoms with Crippen LogP contribution in [0.4, 0.5) is 0 Å². The highest BCUT2D eigenvalue weighted by Gasteiger charge is 2.14. The molecule has 0 amide bonds. The summed E-state index contributed by atoms with van der Waals surface area (Å²) >= 11 is 0. The molecule has 0 saturated carbocycles. The third kappa shape index (κ3) is 3.66. The van der Waals surface area contributed by atoms with Gasteiger partial charge in [-0.2, -0.15) is 5.26 Å². The Morgan fingerprint density at radius 2 is 1.78 bits per heavy atom. The van der Waals surface area contributed by atoms with Crippen LogP contribution >= 0.6 is 0 Å². The molecule has 0 aliphatic carbocycles. The number of rotatable bonds is 8. The summed E-state index contributed by atoms with van der Waals surface area (Å²) in [6.45, 7) is 1.59. The fourth-order valence-electron chi connectivity index (χ4n) is 4.72. The minimum absolute atomic E-state index is 0.630. The van der Waals surface area contributed by atoms with Crippen molar-refractivity contribution >= 4 is 32.8 Å². The lowest BCUT2D eigenvalue weighted by Crippen LogP contribution is -2.02. The van der Waals surface area contributed by atoms with E-state index in [-0.39, 0.29) is 0 Å². The molecule has 2 heterocycles. The molecule has 2 N–H and O–H groups in total. The number of nitrogens with two attached hydrogens (primary N) is 1. The molecule has 5 rings (SSSR count). The predicted molar refractivity (Wildman–Crippen MR) is 131 cm³/mol. The summed E-state index contributed by atoms with van der Waals surface area (Å²) in [4.78, 5) is 0. The molecule has 0 bridgehead atoms. The third-order valence-electron chi connectivity index (χ3n) is 6.28. The molecule has 0 aliphatic rings. The van der Waals surface area contributed by atoms with E-state index in [1.54, 1.807) is 0 Å². The van der Waals surface area contributed by atoms with Gasteiger partial charge in [-0.25, -0.2) is 0 Å². The van der Waals surface area contributed by atoms with Crippen molar-refractivity contribution in [3.63, 3.8) is 0 Å². The smallest absolute Gasteiger partial charge is 0.143 e. The van der Waals surface area contributed by atoms with Gasteiger partial charge < -0.3 is 14.7 Å². The van der Waals surface area contributed by atoms with E-state index in [0.717, 1.165) is 65.3 Å². The van der Waals surface area contributed by atoms with Crippen LogP contribution in [0.15, 0.2) is 71.3 Å². The maximum atomic E-state index is 8.74. The van der Waals surface area contributed by atoms with E-state index in [4.69, 9.17) is 15.4 Å². The summed E-state index contributed by atoms with van der Waals surface area (Å²) in [5, 5.41) is 12.3. The van der Waals surface area contributed by atoms with Gasteiger partial charge in [-0.3, -0.25) is 0 Å². The number of nitrogens with zero attached hydrogens (tertiary/aromatic N) is 2. The number of furan rings is 1. The summed E-state index contributed by atoms with van der Waals surface area (Å²) in [5.74, 6) is 0. The second-order valence-corrected chi connectivity index (χ2v) is 8.37. The third-order valence-corrected chi connectivity index (χ3v) is 6.28. The van der Waals surface area contributed by atoms with E-state index in [9.17, 15) is 0 Å². The number of hydrogen-bond acceptors (Lipinski definition) is 3. The molecule has 5 aromatic rings. The van der Waals surface area contributed by atoms with E-state index in [1.807, 2.05) is 12.1 Å². The molecule has 0 atom stereocenters. The Morgan fingerprint density at radius 1 is 0.906 bits per heavy atom. The molecule has 160 valence electrons. The van der Waals surface area contributed by atoms with Crippen molar-refractivity contribution in [2.24, 2.45) is 5.73 Å². The minimum atomic E-state index is 0.630. The zero-order valence-electron chi connectivity index (χ0n) is 18.2. The van der Waals surface area contributed by atoms with Crippen LogP contribution in [0, 0.1) is 11.3 Å². The van der Waals surface area contributed by atoms with Crippen LogP contribution < -0.4 is 5.73 Å². The van der Waals surface area contributed by atoms with Gasteiger partial charge in [-0.1, -0.05) is 48.9 Å². The maximum absolute atomic E-state index is 8.74. The Morgan fingerprint density at radius 3 is 2.66 bits per heavy atom. The van der Waals surface area contributed by atoms with Crippen molar-refractivity contribution in [2.75, 3.05) is 6.54 Å². The molecule has 0 radical (unpaired) electrons. The van der Waals surface area contributed by atoms with Gasteiger partial charge >= 0.3 is 0 Å². The quantitative estimate of drug-likeness (QED) is 0.280. The lowest BCUT2D eigenvalue weighted by atomic mass is 9.99. The van der Waals surface area contributed by atoms with Crippen molar-refractivity contribution in [1.29, 1.82) is 5.26 Å². The van der Waals surface area contributed by atoms with Crippen LogP contribution in [0.25, 0.3) is 44.0 Å². The van der Waals surface area contributed by atoms with Gasteiger partial charge in [0, 0.05) is 46.4 Å². The van der Waals surface area contributed by atoms with Crippen LogP contribution in [-0.2, 0) is 13.0 Å².